The number of H-pyrrole nitrogens is 1. The van der Waals surface area contributed by atoms with Crippen LogP contribution in [0.4, 0.5) is 8.78 Å². The van der Waals surface area contributed by atoms with Crippen molar-refractivity contribution in [1.82, 2.24) is 9.55 Å². The molecule has 8 heteroatoms. The number of halogens is 2. The molecule has 2 heterocycles. The van der Waals surface area contributed by atoms with Crippen LogP contribution in [0.1, 0.15) is 19.3 Å². The average Bonchev–Trinajstić information content (AvgIpc) is 2.67. The van der Waals surface area contributed by atoms with Gasteiger partial charge in [0.15, 0.2) is 0 Å². The molecule has 0 radical (unpaired) electrons. The Morgan fingerprint density at radius 3 is 3.00 bits per heavy atom. The Morgan fingerprint density at radius 2 is 2.33 bits per heavy atom. The standard InChI is InChI=1S/C10H12F2N2O4/c11-7-5-13-9(17)14(8(7)16)10(12)3-1-6(18-10)2-4-15/h5-6,15H,1-4H2,(H,13,17). The van der Waals surface area contributed by atoms with Gasteiger partial charge in [0, 0.05) is 19.2 Å². The fraction of sp³-hybridized carbons (Fsp3) is 0.600. The van der Waals surface area contributed by atoms with E-state index in [1.807, 2.05) is 4.98 Å². The van der Waals surface area contributed by atoms with Crippen molar-refractivity contribution < 1.29 is 18.6 Å². The minimum absolute atomic E-state index is 0.0969. The molecule has 0 aliphatic carbocycles. The maximum Gasteiger partial charge on any atom is 0.333 e. The summed E-state index contributed by atoms with van der Waals surface area (Å²) in [5.41, 5.74) is -2.44. The molecule has 0 bridgehead atoms. The minimum Gasteiger partial charge on any atom is -0.396 e. The van der Waals surface area contributed by atoms with Crippen LogP contribution in [0.2, 0.25) is 0 Å². The maximum absolute atomic E-state index is 14.4. The van der Waals surface area contributed by atoms with Gasteiger partial charge in [0.25, 0.3) is 11.5 Å². The van der Waals surface area contributed by atoms with Crippen molar-refractivity contribution >= 4 is 0 Å². The largest absolute Gasteiger partial charge is 0.396 e. The summed E-state index contributed by atoms with van der Waals surface area (Å²) in [7, 11) is 0. The van der Waals surface area contributed by atoms with Crippen molar-refractivity contribution in [3.8, 4) is 0 Å². The molecule has 0 saturated carbocycles. The van der Waals surface area contributed by atoms with Crippen LogP contribution in [0, 0.1) is 5.82 Å². The van der Waals surface area contributed by atoms with Crippen molar-refractivity contribution in [1.29, 1.82) is 0 Å². The Bertz CT molecular complexity index is 556. The summed E-state index contributed by atoms with van der Waals surface area (Å²) >= 11 is 0. The Hall–Kier alpha value is -1.54. The van der Waals surface area contributed by atoms with Gasteiger partial charge in [-0.2, -0.15) is 13.3 Å². The highest BCUT2D eigenvalue weighted by Crippen LogP contribution is 2.35. The molecule has 1 aliphatic rings. The van der Waals surface area contributed by atoms with Crippen LogP contribution in [0.15, 0.2) is 15.8 Å². The van der Waals surface area contributed by atoms with E-state index in [9.17, 15) is 18.4 Å². The molecule has 1 fully saturated rings. The molecule has 0 spiro atoms. The predicted octanol–water partition coefficient (Wildman–Crippen LogP) is -0.183. The second-order valence-electron chi connectivity index (χ2n) is 4.06. The van der Waals surface area contributed by atoms with Crippen LogP contribution in [-0.2, 0) is 10.7 Å². The molecule has 6 nitrogen and oxygen atoms in total. The fourth-order valence-corrected chi connectivity index (χ4v) is 1.98. The first kappa shape index (κ1) is 12.9. The van der Waals surface area contributed by atoms with Crippen molar-refractivity contribution in [2.75, 3.05) is 6.61 Å². The van der Waals surface area contributed by atoms with Gasteiger partial charge in [-0.3, -0.25) is 4.79 Å². The number of aliphatic hydroxyl groups is 1. The third-order valence-electron chi connectivity index (χ3n) is 2.84. The van der Waals surface area contributed by atoms with E-state index >= 15 is 0 Å². The van der Waals surface area contributed by atoms with Crippen LogP contribution in [-0.4, -0.2) is 27.4 Å². The van der Waals surface area contributed by atoms with Crippen LogP contribution in [0.25, 0.3) is 0 Å². The van der Waals surface area contributed by atoms with Crippen LogP contribution in [0.3, 0.4) is 0 Å². The SMILES string of the molecule is O=c1[nH]cc(F)c(=O)n1C1(F)CCC(CCO)O1. The van der Waals surface area contributed by atoms with Crippen molar-refractivity contribution in [2.24, 2.45) is 0 Å². The quantitative estimate of drug-likeness (QED) is 0.791. The highest BCUT2D eigenvalue weighted by Gasteiger charge is 2.44. The summed E-state index contributed by atoms with van der Waals surface area (Å²) in [6.45, 7) is -0.199. The zero-order chi connectivity index (χ0) is 13.3. The van der Waals surface area contributed by atoms with Gasteiger partial charge < -0.3 is 14.8 Å². The second kappa shape index (κ2) is 4.62. The zero-order valence-corrected chi connectivity index (χ0v) is 9.36. The number of hydrogen-bond acceptors (Lipinski definition) is 4. The number of rotatable bonds is 3. The molecule has 1 aromatic heterocycles. The summed E-state index contributed by atoms with van der Waals surface area (Å²) in [5, 5.41) is 8.72. The third-order valence-corrected chi connectivity index (χ3v) is 2.84. The normalized spacial score (nSPS) is 27.6. The van der Waals surface area contributed by atoms with E-state index in [0.717, 1.165) is 0 Å². The Kier molecular flexibility index (Phi) is 3.31. The number of aliphatic hydroxyl groups excluding tert-OH is 1. The topological polar surface area (TPSA) is 84.3 Å². The summed E-state index contributed by atoms with van der Waals surface area (Å²) in [5.74, 6) is -3.92. The predicted molar refractivity (Wildman–Crippen MR) is 56.2 cm³/mol. The molecular weight excluding hydrogens is 250 g/mol. The molecule has 2 unspecified atom stereocenters. The van der Waals surface area contributed by atoms with Crippen molar-refractivity contribution in [3.05, 3.63) is 32.9 Å². The molecule has 2 rings (SSSR count). The van der Waals surface area contributed by atoms with Gasteiger partial charge in [-0.05, 0) is 12.8 Å². The molecule has 1 aromatic rings. The molecule has 2 atom stereocenters. The van der Waals surface area contributed by atoms with Gasteiger partial charge in [-0.25, -0.2) is 4.79 Å². The van der Waals surface area contributed by atoms with Crippen molar-refractivity contribution in [2.45, 2.75) is 31.3 Å². The van der Waals surface area contributed by atoms with Crippen LogP contribution in [0.5, 0.6) is 0 Å². The van der Waals surface area contributed by atoms with Gasteiger partial charge in [0.05, 0.1) is 6.10 Å². The zero-order valence-electron chi connectivity index (χ0n) is 9.36. The molecule has 1 aliphatic heterocycles. The van der Waals surface area contributed by atoms with Crippen LogP contribution >= 0.6 is 0 Å². The first-order chi connectivity index (χ1) is 8.48. The van der Waals surface area contributed by atoms with E-state index < -0.39 is 29.1 Å². The highest BCUT2D eigenvalue weighted by atomic mass is 19.2. The van der Waals surface area contributed by atoms with Gasteiger partial charge >= 0.3 is 5.69 Å². The number of hydrogen-bond donors (Lipinski definition) is 2. The third kappa shape index (κ3) is 2.08. The van der Waals surface area contributed by atoms with Crippen molar-refractivity contribution in [3.63, 3.8) is 0 Å². The number of alkyl halides is 1. The lowest BCUT2D eigenvalue weighted by Crippen LogP contribution is -2.48. The van der Waals surface area contributed by atoms with Gasteiger partial charge in [0.1, 0.15) is 0 Å². The number of ether oxygens (including phenoxy) is 1. The lowest BCUT2D eigenvalue weighted by Gasteiger charge is -2.21. The second-order valence-corrected chi connectivity index (χ2v) is 4.06. The van der Waals surface area contributed by atoms with E-state index in [1.54, 1.807) is 0 Å². The number of aromatic amines is 1. The Labute approximate surface area is 99.8 Å². The molecule has 0 amide bonds. The molecule has 1 saturated heterocycles. The van der Waals surface area contributed by atoms with Crippen LogP contribution < -0.4 is 11.2 Å². The summed E-state index contributed by atoms with van der Waals surface area (Å²) in [6, 6.07) is 0. The van der Waals surface area contributed by atoms with E-state index in [4.69, 9.17) is 9.84 Å². The Balaban J connectivity index is 2.41. The molecule has 100 valence electrons. The van der Waals surface area contributed by atoms with E-state index in [2.05, 4.69) is 0 Å². The minimum atomic E-state index is -2.66. The smallest absolute Gasteiger partial charge is 0.333 e. The van der Waals surface area contributed by atoms with Gasteiger partial charge in [0.2, 0.25) is 5.82 Å². The number of nitrogens with one attached hydrogen (secondary N) is 1. The molecule has 2 N–H and O–H groups in total. The number of aromatic nitrogens is 2. The monoisotopic (exact) mass is 262 g/mol. The van der Waals surface area contributed by atoms with Gasteiger partial charge in [-0.15, -0.1) is 0 Å². The Morgan fingerprint density at radius 1 is 1.61 bits per heavy atom. The van der Waals surface area contributed by atoms with E-state index in [-0.39, 0.29) is 30.4 Å². The number of nitrogens with zero attached hydrogens (tertiary/aromatic N) is 1. The first-order valence-corrected chi connectivity index (χ1v) is 5.46. The summed E-state index contributed by atoms with van der Waals surface area (Å²) < 4.78 is 32.5. The van der Waals surface area contributed by atoms with E-state index in [1.165, 1.54) is 0 Å². The maximum atomic E-state index is 14.4. The lowest BCUT2D eigenvalue weighted by molar-refractivity contribution is -0.202. The summed E-state index contributed by atoms with van der Waals surface area (Å²) in [6.07, 6.45) is 0.150. The molecule has 18 heavy (non-hydrogen) atoms. The lowest BCUT2D eigenvalue weighted by atomic mass is 10.2. The molecular formula is C10H12F2N2O4. The van der Waals surface area contributed by atoms with Gasteiger partial charge in [-0.1, -0.05) is 0 Å². The first-order valence-electron chi connectivity index (χ1n) is 5.46. The summed E-state index contributed by atoms with van der Waals surface area (Å²) in [4.78, 5) is 24.8. The fourth-order valence-electron chi connectivity index (χ4n) is 1.98. The molecule has 0 aromatic carbocycles. The average molecular weight is 262 g/mol. The van der Waals surface area contributed by atoms with E-state index in [0.29, 0.717) is 6.20 Å². The highest BCUT2D eigenvalue weighted by molar-refractivity contribution is 4.92.